The second-order valence-electron chi connectivity index (χ2n) is 7.35. The molecule has 1 fully saturated rings. The topological polar surface area (TPSA) is 107 Å². The number of nitrogens with zero attached hydrogens (tertiary/aromatic N) is 2. The number of anilines is 1. The molecule has 0 aliphatic carbocycles. The number of aromatic nitrogens is 2. The van der Waals surface area contributed by atoms with Crippen LogP contribution in [-0.2, 0) is 21.2 Å². The maximum Gasteiger partial charge on any atom is 0.256 e. The molecule has 2 aromatic rings. The number of aryl methyl sites for hydroxylation is 1. The minimum atomic E-state index is -3.77. The Balaban J connectivity index is 1.82. The average molecular weight is 416 g/mol. The van der Waals surface area contributed by atoms with Gasteiger partial charge in [-0.25, -0.2) is 13.4 Å². The second-order valence-corrected chi connectivity index (χ2v) is 9.21. The molecule has 0 radical (unpaired) electrons. The van der Waals surface area contributed by atoms with Crippen molar-refractivity contribution in [1.82, 2.24) is 19.6 Å². The van der Waals surface area contributed by atoms with Crippen molar-refractivity contribution in [2.75, 3.05) is 25.0 Å². The van der Waals surface area contributed by atoms with Gasteiger partial charge in [-0.15, -0.1) is 0 Å². The van der Waals surface area contributed by atoms with E-state index in [0.717, 1.165) is 25.2 Å². The molecule has 3 N–H and O–H groups in total. The van der Waals surface area contributed by atoms with Crippen LogP contribution in [0.3, 0.4) is 0 Å². The molecule has 3 heterocycles. The molecule has 0 saturated carbocycles. The summed E-state index contributed by atoms with van der Waals surface area (Å²) in [5.74, 6) is 0.489. The van der Waals surface area contributed by atoms with Gasteiger partial charge < -0.3 is 15.6 Å². The zero-order valence-corrected chi connectivity index (χ0v) is 17.3. The van der Waals surface area contributed by atoms with Crippen molar-refractivity contribution in [3.8, 4) is 0 Å². The van der Waals surface area contributed by atoms with E-state index in [0.29, 0.717) is 35.6 Å². The van der Waals surface area contributed by atoms with E-state index in [2.05, 4.69) is 20.6 Å². The van der Waals surface area contributed by atoms with Gasteiger partial charge in [0.15, 0.2) is 0 Å². The normalized spacial score (nSPS) is 21.8. The van der Waals surface area contributed by atoms with E-state index in [-0.39, 0.29) is 16.8 Å². The van der Waals surface area contributed by atoms with Gasteiger partial charge in [0.25, 0.3) is 5.91 Å². The van der Waals surface area contributed by atoms with Gasteiger partial charge in [-0.1, -0.05) is 13.0 Å². The van der Waals surface area contributed by atoms with E-state index in [1.165, 1.54) is 4.31 Å². The Bertz CT molecular complexity index is 1070. The predicted octanol–water partition coefficient (Wildman–Crippen LogP) is 1.84. The number of rotatable bonds is 4. The van der Waals surface area contributed by atoms with Gasteiger partial charge in [-0.3, -0.25) is 4.79 Å². The standard InChI is InChI=1S/C20H25N5O3S/c1-3-18-22-12-14(23-18)10-15-19-16(24-20(15)26)6-4-7-17(19)29(27,28)25-9-5-8-21-11-13(25)2/h4,6-7,10,12-13,21H,3,5,8-9,11H2,1-2H3,(H,22,23)(H,24,26)/b15-10-. The van der Waals surface area contributed by atoms with Gasteiger partial charge >= 0.3 is 0 Å². The molecule has 8 nitrogen and oxygen atoms in total. The van der Waals surface area contributed by atoms with Gasteiger partial charge in [-0.2, -0.15) is 4.31 Å². The number of carbonyl (C=O) groups excluding carboxylic acids is 1. The molecule has 2 aliphatic rings. The van der Waals surface area contributed by atoms with Gasteiger partial charge in [0.1, 0.15) is 5.82 Å². The molecular formula is C20H25N5O3S. The number of fused-ring (bicyclic) bond motifs is 1. The molecule has 1 aromatic heterocycles. The monoisotopic (exact) mass is 415 g/mol. The third-order valence-electron chi connectivity index (χ3n) is 5.32. The smallest absolute Gasteiger partial charge is 0.256 e. The predicted molar refractivity (Wildman–Crippen MR) is 112 cm³/mol. The number of H-pyrrole nitrogens is 1. The summed E-state index contributed by atoms with van der Waals surface area (Å²) in [4.78, 5) is 20.2. The molecule has 0 bridgehead atoms. The lowest BCUT2D eigenvalue weighted by atomic mass is 10.1. The molecule has 9 heteroatoms. The minimum Gasteiger partial charge on any atom is -0.342 e. The first-order valence-electron chi connectivity index (χ1n) is 9.84. The lowest BCUT2D eigenvalue weighted by Gasteiger charge is -2.26. The summed E-state index contributed by atoms with van der Waals surface area (Å²) in [6.07, 6.45) is 4.80. The molecule has 2 aliphatic heterocycles. The van der Waals surface area contributed by atoms with E-state index in [9.17, 15) is 13.2 Å². The van der Waals surface area contributed by atoms with Crippen LogP contribution < -0.4 is 10.6 Å². The largest absolute Gasteiger partial charge is 0.342 e. The maximum absolute atomic E-state index is 13.6. The third-order valence-corrected chi connectivity index (χ3v) is 7.38. The summed E-state index contributed by atoms with van der Waals surface area (Å²) in [7, 11) is -3.77. The molecule has 1 unspecified atom stereocenters. The van der Waals surface area contributed by atoms with Gasteiger partial charge in [0.2, 0.25) is 10.0 Å². The number of hydrogen-bond acceptors (Lipinski definition) is 5. The Morgan fingerprint density at radius 3 is 2.93 bits per heavy atom. The summed E-state index contributed by atoms with van der Waals surface area (Å²) < 4.78 is 28.7. The number of carbonyl (C=O) groups is 1. The zero-order chi connectivity index (χ0) is 20.6. The highest BCUT2D eigenvalue weighted by Crippen LogP contribution is 2.39. The number of hydrogen-bond donors (Lipinski definition) is 3. The van der Waals surface area contributed by atoms with Crippen molar-refractivity contribution in [2.45, 2.75) is 37.6 Å². The fourth-order valence-corrected chi connectivity index (χ4v) is 5.73. The summed E-state index contributed by atoms with van der Waals surface area (Å²) in [5, 5.41) is 6.05. The highest BCUT2D eigenvalue weighted by Gasteiger charge is 2.36. The molecule has 1 aromatic carbocycles. The first-order chi connectivity index (χ1) is 13.9. The number of nitrogens with one attached hydrogen (secondary N) is 3. The van der Waals surface area contributed by atoms with Crippen LogP contribution in [0, 0.1) is 0 Å². The zero-order valence-electron chi connectivity index (χ0n) is 16.5. The fraction of sp³-hybridized carbons (Fsp3) is 0.400. The van der Waals surface area contributed by atoms with Crippen molar-refractivity contribution in [3.63, 3.8) is 0 Å². The van der Waals surface area contributed by atoms with Crippen LogP contribution in [0.1, 0.15) is 37.4 Å². The Labute approximate surface area is 170 Å². The van der Waals surface area contributed by atoms with E-state index in [1.54, 1.807) is 30.5 Å². The molecule has 0 spiro atoms. The summed E-state index contributed by atoms with van der Waals surface area (Å²) in [6.45, 7) is 5.71. The molecule has 29 heavy (non-hydrogen) atoms. The van der Waals surface area contributed by atoms with Crippen molar-refractivity contribution in [3.05, 3.63) is 41.5 Å². The second kappa shape index (κ2) is 7.74. The average Bonchev–Trinajstić information content (AvgIpc) is 3.20. The van der Waals surface area contributed by atoms with Gasteiger partial charge in [0, 0.05) is 31.1 Å². The van der Waals surface area contributed by atoms with E-state index in [4.69, 9.17) is 0 Å². The maximum atomic E-state index is 13.6. The summed E-state index contributed by atoms with van der Waals surface area (Å²) in [6, 6.07) is 4.81. The molecule has 1 amide bonds. The highest BCUT2D eigenvalue weighted by molar-refractivity contribution is 7.89. The Kier molecular flexibility index (Phi) is 5.28. The van der Waals surface area contributed by atoms with Gasteiger partial charge in [-0.05, 0) is 38.1 Å². The minimum absolute atomic E-state index is 0.156. The number of amides is 1. The van der Waals surface area contributed by atoms with E-state index < -0.39 is 10.0 Å². The van der Waals surface area contributed by atoms with Crippen molar-refractivity contribution < 1.29 is 13.2 Å². The fourth-order valence-electron chi connectivity index (χ4n) is 3.83. The van der Waals surface area contributed by atoms with Crippen LogP contribution in [0.25, 0.3) is 11.6 Å². The van der Waals surface area contributed by atoms with Gasteiger partial charge in [0.05, 0.1) is 28.0 Å². The lowest BCUT2D eigenvalue weighted by Crippen LogP contribution is -2.41. The molecule has 154 valence electrons. The van der Waals surface area contributed by atoms with E-state index >= 15 is 0 Å². The number of sulfonamides is 1. The molecule has 1 saturated heterocycles. The third kappa shape index (κ3) is 3.61. The first kappa shape index (κ1) is 19.8. The van der Waals surface area contributed by atoms with Crippen LogP contribution in [0.4, 0.5) is 5.69 Å². The van der Waals surface area contributed by atoms with Crippen LogP contribution in [0.15, 0.2) is 29.3 Å². The lowest BCUT2D eigenvalue weighted by molar-refractivity contribution is -0.110. The Morgan fingerprint density at radius 2 is 2.17 bits per heavy atom. The quantitative estimate of drug-likeness (QED) is 0.661. The van der Waals surface area contributed by atoms with Crippen molar-refractivity contribution >= 4 is 33.3 Å². The highest BCUT2D eigenvalue weighted by atomic mass is 32.2. The van der Waals surface area contributed by atoms with Crippen LogP contribution in [-0.4, -0.2) is 54.3 Å². The number of aromatic amines is 1. The number of benzene rings is 1. The SMILES string of the molecule is CCc1ncc(/C=C2\C(=O)Nc3cccc(S(=O)(=O)N4CCCNCC4C)c32)[nH]1. The van der Waals surface area contributed by atoms with Crippen LogP contribution >= 0.6 is 0 Å². The van der Waals surface area contributed by atoms with Crippen LogP contribution in [0.2, 0.25) is 0 Å². The first-order valence-corrected chi connectivity index (χ1v) is 11.3. The summed E-state index contributed by atoms with van der Waals surface area (Å²) >= 11 is 0. The Hall–Kier alpha value is -2.49. The van der Waals surface area contributed by atoms with Crippen molar-refractivity contribution in [1.29, 1.82) is 0 Å². The summed E-state index contributed by atoms with van der Waals surface area (Å²) in [5.41, 5.74) is 1.93. The molecule has 1 atom stereocenters. The van der Waals surface area contributed by atoms with Crippen molar-refractivity contribution in [2.24, 2.45) is 0 Å². The number of imidazole rings is 1. The Morgan fingerprint density at radius 1 is 1.34 bits per heavy atom. The van der Waals surface area contributed by atoms with Crippen LogP contribution in [0.5, 0.6) is 0 Å². The molecular weight excluding hydrogens is 390 g/mol. The molecule has 4 rings (SSSR count). The van der Waals surface area contributed by atoms with E-state index in [1.807, 2.05) is 13.8 Å².